The standard InChI is InChI=1S/C12H12Ge.CH4/c1-3-7-11(8-4-1)13-12-9-5-2-6-10-12;/h1-10H,13H2;1H4. The Morgan fingerprint density at radius 3 is 1.29 bits per heavy atom. The molecule has 0 aromatic heterocycles. The van der Waals surface area contributed by atoms with Gasteiger partial charge in [-0.2, -0.15) is 0 Å². The minimum atomic E-state index is -0.676. The Morgan fingerprint density at radius 1 is 0.571 bits per heavy atom. The summed E-state index contributed by atoms with van der Waals surface area (Å²) in [7, 11) is 0. The van der Waals surface area contributed by atoms with Crippen LogP contribution >= 0.6 is 0 Å². The van der Waals surface area contributed by atoms with Gasteiger partial charge in [0, 0.05) is 0 Å². The van der Waals surface area contributed by atoms with Gasteiger partial charge in [0.15, 0.2) is 0 Å². The summed E-state index contributed by atoms with van der Waals surface area (Å²) >= 11 is -0.676. The molecule has 0 aliphatic rings. The van der Waals surface area contributed by atoms with E-state index in [4.69, 9.17) is 0 Å². The predicted molar refractivity (Wildman–Crippen MR) is 67.4 cm³/mol. The zero-order valence-electron chi connectivity index (χ0n) is 7.48. The molecule has 0 spiro atoms. The van der Waals surface area contributed by atoms with Gasteiger partial charge in [-0.1, -0.05) is 7.43 Å². The van der Waals surface area contributed by atoms with Crippen LogP contribution in [0.15, 0.2) is 60.7 Å². The second kappa shape index (κ2) is 5.66. The quantitative estimate of drug-likeness (QED) is 0.702. The summed E-state index contributed by atoms with van der Waals surface area (Å²) in [4.78, 5) is 0. The van der Waals surface area contributed by atoms with Crippen molar-refractivity contribution in [3.8, 4) is 0 Å². The van der Waals surface area contributed by atoms with Gasteiger partial charge in [-0.05, 0) is 0 Å². The third-order valence-corrected chi connectivity index (χ3v) is 5.79. The van der Waals surface area contributed by atoms with Crippen LogP contribution in [0.3, 0.4) is 0 Å². The maximum atomic E-state index is 2.24. The molecule has 0 saturated carbocycles. The third kappa shape index (κ3) is 3.04. The molecule has 0 fully saturated rings. The minimum absolute atomic E-state index is 0. The number of hydrogen-bond donors (Lipinski definition) is 0. The van der Waals surface area contributed by atoms with Crippen LogP contribution in [-0.4, -0.2) is 15.4 Å². The van der Waals surface area contributed by atoms with E-state index in [0.29, 0.717) is 0 Å². The summed E-state index contributed by atoms with van der Waals surface area (Å²) in [6.07, 6.45) is 0. The molecule has 1 heteroatoms. The molecule has 2 aromatic rings. The molecule has 0 atom stereocenters. The number of rotatable bonds is 2. The van der Waals surface area contributed by atoms with Crippen molar-refractivity contribution in [1.29, 1.82) is 0 Å². The van der Waals surface area contributed by atoms with E-state index in [-0.39, 0.29) is 7.43 Å². The third-order valence-electron chi connectivity index (χ3n) is 2.09. The maximum absolute atomic E-state index is 2.24. The van der Waals surface area contributed by atoms with Crippen molar-refractivity contribution >= 4 is 24.2 Å². The van der Waals surface area contributed by atoms with Crippen LogP contribution in [0.25, 0.3) is 0 Å². The molecule has 2 aromatic carbocycles. The van der Waals surface area contributed by atoms with Gasteiger partial charge in [0.05, 0.1) is 0 Å². The van der Waals surface area contributed by atoms with Crippen molar-refractivity contribution < 1.29 is 0 Å². The fourth-order valence-electron chi connectivity index (χ4n) is 1.43. The Morgan fingerprint density at radius 2 is 0.929 bits per heavy atom. The molecule has 14 heavy (non-hydrogen) atoms. The van der Waals surface area contributed by atoms with E-state index >= 15 is 0 Å². The fourth-order valence-corrected chi connectivity index (χ4v) is 4.55. The average Bonchev–Trinajstić information content (AvgIpc) is 2.21. The van der Waals surface area contributed by atoms with E-state index in [1.807, 2.05) is 0 Å². The summed E-state index contributed by atoms with van der Waals surface area (Å²) in [5, 5.41) is 0. The zero-order valence-corrected chi connectivity index (χ0v) is 10.4. The Labute approximate surface area is 92.5 Å². The van der Waals surface area contributed by atoms with E-state index in [2.05, 4.69) is 60.7 Å². The van der Waals surface area contributed by atoms with Crippen LogP contribution < -0.4 is 8.79 Å². The summed E-state index contributed by atoms with van der Waals surface area (Å²) in [6.45, 7) is 0. The predicted octanol–water partition coefficient (Wildman–Crippen LogP) is 1.44. The van der Waals surface area contributed by atoms with Gasteiger partial charge >= 0.3 is 84.9 Å². The van der Waals surface area contributed by atoms with E-state index in [1.54, 1.807) is 8.79 Å². The van der Waals surface area contributed by atoms with Gasteiger partial charge < -0.3 is 0 Å². The molecule has 72 valence electrons. The first kappa shape index (κ1) is 11.1. The first-order chi connectivity index (χ1) is 6.45. The zero-order chi connectivity index (χ0) is 8.93. The molecule has 0 aliphatic heterocycles. The van der Waals surface area contributed by atoms with Gasteiger partial charge in [-0.25, -0.2) is 0 Å². The van der Waals surface area contributed by atoms with Gasteiger partial charge in [-0.15, -0.1) is 0 Å². The van der Waals surface area contributed by atoms with Gasteiger partial charge in [0.2, 0.25) is 0 Å². The Balaban J connectivity index is 0.000000980. The Hall–Kier alpha value is -1.02. The molecule has 0 aliphatic carbocycles. The van der Waals surface area contributed by atoms with Crippen molar-refractivity contribution in [2.75, 3.05) is 0 Å². The molecule has 0 saturated heterocycles. The molecular formula is C13H16Ge. The van der Waals surface area contributed by atoms with Crippen LogP contribution in [0.2, 0.25) is 0 Å². The topological polar surface area (TPSA) is 0 Å². The SMILES string of the molecule is C.c1cc[c]([GeH2][c]2ccccc2)cc1. The van der Waals surface area contributed by atoms with Crippen LogP contribution in [-0.2, 0) is 0 Å². The van der Waals surface area contributed by atoms with Crippen molar-refractivity contribution in [3.63, 3.8) is 0 Å². The first-order valence-electron chi connectivity index (χ1n) is 4.53. The van der Waals surface area contributed by atoms with Gasteiger partial charge in [0.1, 0.15) is 0 Å². The summed E-state index contributed by atoms with van der Waals surface area (Å²) in [5.41, 5.74) is 0. The Kier molecular flexibility index (Phi) is 4.47. The average molecular weight is 245 g/mol. The van der Waals surface area contributed by atoms with Crippen molar-refractivity contribution in [3.05, 3.63) is 60.7 Å². The van der Waals surface area contributed by atoms with Crippen LogP contribution in [0.5, 0.6) is 0 Å². The fraction of sp³-hybridized carbons (Fsp3) is 0.0769. The normalized spacial score (nSPS) is 9.14. The molecule has 0 bridgehead atoms. The molecule has 0 nitrogen and oxygen atoms in total. The van der Waals surface area contributed by atoms with E-state index in [9.17, 15) is 0 Å². The van der Waals surface area contributed by atoms with Crippen LogP contribution in [0, 0.1) is 0 Å². The second-order valence-electron chi connectivity index (χ2n) is 3.15. The molecule has 0 N–H and O–H groups in total. The molecule has 0 unspecified atom stereocenters. The van der Waals surface area contributed by atoms with Crippen molar-refractivity contribution in [2.24, 2.45) is 0 Å². The molecule has 0 amide bonds. The molecule has 2 rings (SSSR count). The van der Waals surface area contributed by atoms with Crippen molar-refractivity contribution in [2.45, 2.75) is 7.43 Å². The first-order valence-corrected chi connectivity index (χ1v) is 7.50. The number of benzene rings is 2. The van der Waals surface area contributed by atoms with Gasteiger partial charge in [0.25, 0.3) is 0 Å². The second-order valence-corrected chi connectivity index (χ2v) is 7.32. The molecule has 0 radical (unpaired) electrons. The summed E-state index contributed by atoms with van der Waals surface area (Å²) in [5.74, 6) is 0. The van der Waals surface area contributed by atoms with Crippen LogP contribution in [0.1, 0.15) is 7.43 Å². The molecule has 0 heterocycles. The summed E-state index contributed by atoms with van der Waals surface area (Å²) < 4.78 is 3.11. The van der Waals surface area contributed by atoms with E-state index in [0.717, 1.165) is 0 Å². The van der Waals surface area contributed by atoms with Gasteiger partial charge in [-0.3, -0.25) is 0 Å². The summed E-state index contributed by atoms with van der Waals surface area (Å²) in [6, 6.07) is 21.6. The monoisotopic (exact) mass is 246 g/mol. The van der Waals surface area contributed by atoms with E-state index < -0.39 is 15.4 Å². The number of hydrogen-bond acceptors (Lipinski definition) is 0. The van der Waals surface area contributed by atoms with E-state index in [1.165, 1.54) is 0 Å². The van der Waals surface area contributed by atoms with Crippen molar-refractivity contribution in [1.82, 2.24) is 0 Å². The molecular weight excluding hydrogens is 229 g/mol. The van der Waals surface area contributed by atoms with Crippen LogP contribution in [0.4, 0.5) is 0 Å². The Bertz CT molecular complexity index is 316.